The number of rotatable bonds is 5. The first-order chi connectivity index (χ1) is 11.4. The van der Waals surface area contributed by atoms with E-state index in [-0.39, 0.29) is 17.3 Å². The first-order valence-corrected chi connectivity index (χ1v) is 8.60. The molecule has 0 aliphatic rings. The summed E-state index contributed by atoms with van der Waals surface area (Å²) >= 11 is 0. The van der Waals surface area contributed by atoms with E-state index in [1.54, 1.807) is 37.4 Å². The minimum Gasteiger partial charge on any atom is -0.355 e. The third kappa shape index (κ3) is 3.79. The van der Waals surface area contributed by atoms with Crippen molar-refractivity contribution in [1.29, 1.82) is 5.26 Å². The quantitative estimate of drug-likeness (QED) is 0.895. The second kappa shape index (κ2) is 7.25. The van der Waals surface area contributed by atoms with Crippen molar-refractivity contribution in [2.24, 2.45) is 0 Å². The van der Waals surface area contributed by atoms with Crippen LogP contribution in [0, 0.1) is 11.3 Å². The van der Waals surface area contributed by atoms with Gasteiger partial charge in [0.1, 0.15) is 0 Å². The van der Waals surface area contributed by atoms with Gasteiger partial charge in [0.25, 0.3) is 5.91 Å². The number of benzene rings is 2. The van der Waals surface area contributed by atoms with Crippen LogP contribution in [0.2, 0.25) is 0 Å². The largest absolute Gasteiger partial charge is 0.355 e. The lowest BCUT2D eigenvalue weighted by Crippen LogP contribution is -2.26. The molecule has 7 heteroatoms. The van der Waals surface area contributed by atoms with Crippen LogP contribution in [0.15, 0.2) is 53.4 Å². The molecule has 6 nitrogen and oxygen atoms in total. The lowest BCUT2D eigenvalue weighted by Gasteiger charge is -2.17. The van der Waals surface area contributed by atoms with Gasteiger partial charge in [-0.3, -0.25) is 4.79 Å². The molecule has 2 aromatic rings. The van der Waals surface area contributed by atoms with Gasteiger partial charge in [0, 0.05) is 26.2 Å². The van der Waals surface area contributed by atoms with Gasteiger partial charge in [0.15, 0.2) is 0 Å². The van der Waals surface area contributed by atoms with Gasteiger partial charge in [-0.05, 0) is 35.9 Å². The Hall–Kier alpha value is -2.69. The summed E-state index contributed by atoms with van der Waals surface area (Å²) in [5.74, 6) is -0.198. The fourth-order valence-electron chi connectivity index (χ4n) is 2.15. The highest BCUT2D eigenvalue weighted by atomic mass is 32.2. The van der Waals surface area contributed by atoms with E-state index in [0.29, 0.717) is 11.1 Å². The van der Waals surface area contributed by atoms with E-state index in [4.69, 9.17) is 5.26 Å². The zero-order chi connectivity index (χ0) is 17.7. The van der Waals surface area contributed by atoms with E-state index in [1.165, 1.54) is 29.6 Å². The number of carbonyl (C=O) groups is 1. The zero-order valence-corrected chi connectivity index (χ0v) is 14.2. The summed E-state index contributed by atoms with van der Waals surface area (Å²) in [6.45, 7) is 0.160. The van der Waals surface area contributed by atoms with Crippen LogP contribution in [0.3, 0.4) is 0 Å². The molecule has 1 N–H and O–H groups in total. The van der Waals surface area contributed by atoms with Crippen LogP contribution in [-0.4, -0.2) is 32.7 Å². The van der Waals surface area contributed by atoms with Crippen molar-refractivity contribution in [2.75, 3.05) is 14.1 Å². The molecule has 0 saturated heterocycles. The summed E-state index contributed by atoms with van der Waals surface area (Å²) in [6.07, 6.45) is 0. The summed E-state index contributed by atoms with van der Waals surface area (Å²) < 4.78 is 26.4. The molecule has 0 saturated carbocycles. The van der Waals surface area contributed by atoms with E-state index in [9.17, 15) is 13.2 Å². The SMILES string of the molecule is CNC(=O)c1ccc(CN(C)S(=O)(=O)c2cccc(C#N)c2)cc1. The van der Waals surface area contributed by atoms with Gasteiger partial charge in [0.2, 0.25) is 10.0 Å². The third-order valence-corrected chi connectivity index (χ3v) is 5.32. The number of sulfonamides is 1. The molecule has 124 valence electrons. The highest BCUT2D eigenvalue weighted by Crippen LogP contribution is 2.18. The fourth-order valence-corrected chi connectivity index (χ4v) is 3.36. The average molecular weight is 343 g/mol. The van der Waals surface area contributed by atoms with Crippen LogP contribution in [0.1, 0.15) is 21.5 Å². The molecule has 0 unspecified atom stereocenters. The average Bonchev–Trinajstić information content (AvgIpc) is 2.61. The van der Waals surface area contributed by atoms with Gasteiger partial charge in [-0.2, -0.15) is 9.57 Å². The maximum absolute atomic E-state index is 12.6. The van der Waals surface area contributed by atoms with Crippen LogP contribution < -0.4 is 5.32 Å². The van der Waals surface area contributed by atoms with Crippen molar-refractivity contribution in [2.45, 2.75) is 11.4 Å². The molecule has 1 amide bonds. The monoisotopic (exact) mass is 343 g/mol. The topological polar surface area (TPSA) is 90.3 Å². The van der Waals surface area contributed by atoms with Crippen LogP contribution in [0.4, 0.5) is 0 Å². The Bertz CT molecular complexity index is 884. The van der Waals surface area contributed by atoms with Crippen molar-refractivity contribution in [3.63, 3.8) is 0 Å². The summed E-state index contributed by atoms with van der Waals surface area (Å²) in [6, 6.07) is 14.5. The van der Waals surface area contributed by atoms with Gasteiger partial charge in [-0.15, -0.1) is 0 Å². The molecule has 0 bridgehead atoms. The van der Waals surface area contributed by atoms with E-state index in [0.717, 1.165) is 5.56 Å². The number of amides is 1. The molecule has 0 aromatic heterocycles. The molecular weight excluding hydrogens is 326 g/mol. The number of hydrogen-bond donors (Lipinski definition) is 1. The van der Waals surface area contributed by atoms with Crippen molar-refractivity contribution < 1.29 is 13.2 Å². The number of nitrogens with zero attached hydrogens (tertiary/aromatic N) is 2. The third-order valence-electron chi connectivity index (χ3n) is 3.52. The first kappa shape index (κ1) is 17.7. The fraction of sp³-hybridized carbons (Fsp3) is 0.176. The molecular formula is C17H17N3O3S. The molecule has 0 aliphatic carbocycles. The lowest BCUT2D eigenvalue weighted by atomic mass is 10.1. The van der Waals surface area contributed by atoms with Gasteiger partial charge in [-0.1, -0.05) is 18.2 Å². The molecule has 24 heavy (non-hydrogen) atoms. The Morgan fingerprint density at radius 2 is 1.88 bits per heavy atom. The summed E-state index contributed by atoms with van der Waals surface area (Å²) in [7, 11) is -0.677. The summed E-state index contributed by atoms with van der Waals surface area (Å²) in [5.41, 5.74) is 1.55. The van der Waals surface area contributed by atoms with Crippen LogP contribution in [0.25, 0.3) is 0 Å². The molecule has 2 rings (SSSR count). The van der Waals surface area contributed by atoms with E-state index in [2.05, 4.69) is 5.32 Å². The van der Waals surface area contributed by atoms with Gasteiger partial charge < -0.3 is 5.32 Å². The minimum absolute atomic E-state index is 0.0750. The van der Waals surface area contributed by atoms with Crippen LogP contribution in [0.5, 0.6) is 0 Å². The Morgan fingerprint density at radius 3 is 2.46 bits per heavy atom. The second-order valence-electron chi connectivity index (χ2n) is 5.18. The van der Waals surface area contributed by atoms with Crippen molar-refractivity contribution >= 4 is 15.9 Å². The molecule has 2 aromatic carbocycles. The summed E-state index contributed by atoms with van der Waals surface area (Å²) in [5, 5.41) is 11.4. The van der Waals surface area contributed by atoms with Gasteiger partial charge in [-0.25, -0.2) is 8.42 Å². The highest BCUT2D eigenvalue weighted by molar-refractivity contribution is 7.89. The predicted molar refractivity (Wildman–Crippen MR) is 89.6 cm³/mol. The van der Waals surface area contributed by atoms with Gasteiger partial charge in [0.05, 0.1) is 16.5 Å². The number of nitriles is 1. The number of hydrogen-bond acceptors (Lipinski definition) is 4. The van der Waals surface area contributed by atoms with Crippen LogP contribution in [-0.2, 0) is 16.6 Å². The Morgan fingerprint density at radius 1 is 1.21 bits per heavy atom. The van der Waals surface area contributed by atoms with E-state index >= 15 is 0 Å². The van der Waals surface area contributed by atoms with Crippen molar-refractivity contribution in [3.8, 4) is 6.07 Å². The predicted octanol–water partition coefficient (Wildman–Crippen LogP) is 1.74. The van der Waals surface area contributed by atoms with E-state index < -0.39 is 10.0 Å². The number of nitrogens with one attached hydrogen (secondary N) is 1. The smallest absolute Gasteiger partial charge is 0.251 e. The summed E-state index contributed by atoms with van der Waals surface area (Å²) in [4.78, 5) is 11.6. The maximum atomic E-state index is 12.6. The van der Waals surface area contributed by atoms with Crippen molar-refractivity contribution in [3.05, 3.63) is 65.2 Å². The van der Waals surface area contributed by atoms with Crippen molar-refractivity contribution in [1.82, 2.24) is 9.62 Å². The van der Waals surface area contributed by atoms with Crippen LogP contribution >= 0.6 is 0 Å². The highest BCUT2D eigenvalue weighted by Gasteiger charge is 2.21. The maximum Gasteiger partial charge on any atom is 0.251 e. The standard InChI is InChI=1S/C17H17N3O3S/c1-19-17(21)15-8-6-13(7-9-15)12-20(2)24(22,23)16-5-3-4-14(10-16)11-18/h3-10H,12H2,1-2H3,(H,19,21). The molecule has 0 atom stereocenters. The molecule has 0 radical (unpaired) electrons. The molecule has 0 fully saturated rings. The Kier molecular flexibility index (Phi) is 5.34. The van der Waals surface area contributed by atoms with Gasteiger partial charge >= 0.3 is 0 Å². The van der Waals surface area contributed by atoms with E-state index in [1.807, 2.05) is 6.07 Å². The normalized spacial score (nSPS) is 11.1. The second-order valence-corrected chi connectivity index (χ2v) is 7.22. The first-order valence-electron chi connectivity index (χ1n) is 7.16. The lowest BCUT2D eigenvalue weighted by molar-refractivity contribution is 0.0963. The molecule has 0 aliphatic heterocycles. The zero-order valence-electron chi connectivity index (χ0n) is 13.4. The Labute approximate surface area is 141 Å². The molecule has 0 spiro atoms. The number of carbonyl (C=O) groups excluding carboxylic acids is 1. The molecule has 0 heterocycles. The Balaban J connectivity index is 2.20. The minimum atomic E-state index is -3.70.